The quantitative estimate of drug-likeness (QED) is 0.533. The van der Waals surface area contributed by atoms with Crippen LogP contribution in [0.4, 0.5) is 11.4 Å². The molecule has 0 aliphatic rings. The first kappa shape index (κ1) is 8.50. The molecule has 1 N–H and O–H groups in total. The van der Waals surface area contributed by atoms with Crippen molar-refractivity contribution in [2.75, 3.05) is 12.4 Å². The molecule has 62 valence electrons. The predicted octanol–water partition coefficient (Wildman–Crippen LogP) is 2.00. The first-order valence-electron chi connectivity index (χ1n) is 3.65. The number of nitrogens with zero attached hydrogens (tertiary/aromatic N) is 1. The average molecular weight is 162 g/mol. The van der Waals surface area contributed by atoms with Gasteiger partial charge in [0.15, 0.2) is 0 Å². The molecule has 0 spiro atoms. The highest BCUT2D eigenvalue weighted by Gasteiger charge is 2.00. The number of nitrogens with one attached hydrogen (secondary N) is 1. The summed E-state index contributed by atoms with van der Waals surface area (Å²) in [6, 6.07) is 5.58. The summed E-state index contributed by atoms with van der Waals surface area (Å²) in [5.41, 5.74) is 2.57. The van der Waals surface area contributed by atoms with Crippen molar-refractivity contribution >= 4 is 17.5 Å². The summed E-state index contributed by atoms with van der Waals surface area (Å²) in [5.74, 6) is 0. The van der Waals surface area contributed by atoms with E-state index in [4.69, 9.17) is 0 Å². The van der Waals surface area contributed by atoms with Crippen molar-refractivity contribution in [3.05, 3.63) is 23.8 Å². The van der Waals surface area contributed by atoms with Crippen LogP contribution in [-0.4, -0.2) is 13.1 Å². The second kappa shape index (κ2) is 3.69. The Balaban J connectivity index is 3.26. The fourth-order valence-electron chi connectivity index (χ4n) is 1.12. The molecule has 0 atom stereocenters. The third kappa shape index (κ3) is 1.52. The van der Waals surface area contributed by atoms with Crippen LogP contribution in [0, 0.1) is 6.92 Å². The summed E-state index contributed by atoms with van der Waals surface area (Å²) >= 11 is 0. The van der Waals surface area contributed by atoms with E-state index < -0.39 is 0 Å². The second-order valence-electron chi connectivity index (χ2n) is 2.42. The molecule has 1 aromatic carbocycles. The molecule has 3 nitrogen and oxygen atoms in total. The van der Waals surface area contributed by atoms with Crippen molar-refractivity contribution < 1.29 is 4.79 Å². The van der Waals surface area contributed by atoms with Gasteiger partial charge in [-0.3, -0.25) is 0 Å². The van der Waals surface area contributed by atoms with Crippen molar-refractivity contribution in [2.45, 2.75) is 6.92 Å². The van der Waals surface area contributed by atoms with Gasteiger partial charge in [0.25, 0.3) is 0 Å². The number of hydrogen-bond donors (Lipinski definition) is 1. The summed E-state index contributed by atoms with van der Waals surface area (Å²) in [6.07, 6.45) is 1.52. The maximum absolute atomic E-state index is 10.0. The summed E-state index contributed by atoms with van der Waals surface area (Å²) in [4.78, 5) is 13.6. The molecule has 0 saturated heterocycles. The molecule has 1 aromatic rings. The highest BCUT2D eigenvalue weighted by Crippen LogP contribution is 2.26. The maximum Gasteiger partial charge on any atom is 0.240 e. The van der Waals surface area contributed by atoms with Crippen LogP contribution < -0.4 is 5.32 Å². The molecule has 0 aliphatic heterocycles. The van der Waals surface area contributed by atoms with Gasteiger partial charge in [-0.15, -0.1) is 0 Å². The Morgan fingerprint density at radius 1 is 1.50 bits per heavy atom. The number of hydrogen-bond acceptors (Lipinski definition) is 3. The Morgan fingerprint density at radius 3 is 2.83 bits per heavy atom. The molecule has 1 rings (SSSR count). The molecule has 0 radical (unpaired) electrons. The van der Waals surface area contributed by atoms with Gasteiger partial charge in [-0.05, 0) is 18.6 Å². The minimum absolute atomic E-state index is 0.632. The van der Waals surface area contributed by atoms with Gasteiger partial charge in [-0.2, -0.15) is 4.99 Å². The molecular weight excluding hydrogens is 152 g/mol. The highest BCUT2D eigenvalue weighted by atomic mass is 16.1. The lowest BCUT2D eigenvalue weighted by Gasteiger charge is -2.06. The largest absolute Gasteiger partial charge is 0.386 e. The van der Waals surface area contributed by atoms with E-state index in [1.54, 1.807) is 13.1 Å². The fourth-order valence-corrected chi connectivity index (χ4v) is 1.12. The topological polar surface area (TPSA) is 41.5 Å². The standard InChI is InChI=1S/C9H10N2O/c1-7-4-3-5-8(11-6-12)9(7)10-2/h3-5,10H,1-2H3. The normalized spacial score (nSPS) is 8.83. The Morgan fingerprint density at radius 2 is 2.25 bits per heavy atom. The number of isocyanates is 1. The molecule has 0 aromatic heterocycles. The van der Waals surface area contributed by atoms with Crippen molar-refractivity contribution in [3.8, 4) is 0 Å². The second-order valence-corrected chi connectivity index (χ2v) is 2.42. The Bertz CT molecular complexity index is 327. The smallest absolute Gasteiger partial charge is 0.240 e. The van der Waals surface area contributed by atoms with Gasteiger partial charge < -0.3 is 5.32 Å². The fraction of sp³-hybridized carbons (Fsp3) is 0.222. The van der Waals surface area contributed by atoms with Crippen LogP contribution in [0.2, 0.25) is 0 Å². The minimum atomic E-state index is 0.632. The third-order valence-electron chi connectivity index (χ3n) is 1.67. The molecule has 0 heterocycles. The van der Waals surface area contributed by atoms with E-state index in [0.717, 1.165) is 11.3 Å². The molecule has 0 unspecified atom stereocenters. The van der Waals surface area contributed by atoms with Crippen molar-refractivity contribution in [2.24, 2.45) is 4.99 Å². The number of benzene rings is 1. The van der Waals surface area contributed by atoms with Crippen LogP contribution in [0.15, 0.2) is 23.2 Å². The van der Waals surface area contributed by atoms with Gasteiger partial charge in [0.1, 0.15) is 0 Å². The van der Waals surface area contributed by atoms with Gasteiger partial charge in [0.2, 0.25) is 6.08 Å². The Hall–Kier alpha value is -1.60. The zero-order valence-corrected chi connectivity index (χ0v) is 7.09. The van der Waals surface area contributed by atoms with Crippen molar-refractivity contribution in [3.63, 3.8) is 0 Å². The van der Waals surface area contributed by atoms with Crippen LogP contribution in [0.5, 0.6) is 0 Å². The molecule has 0 saturated carbocycles. The van der Waals surface area contributed by atoms with E-state index in [1.807, 2.05) is 19.1 Å². The monoisotopic (exact) mass is 162 g/mol. The van der Waals surface area contributed by atoms with Crippen molar-refractivity contribution in [1.82, 2.24) is 0 Å². The summed E-state index contributed by atoms with van der Waals surface area (Å²) < 4.78 is 0. The van der Waals surface area contributed by atoms with Crippen LogP contribution in [0.25, 0.3) is 0 Å². The molecule has 0 aliphatic carbocycles. The molecular formula is C9H10N2O. The zero-order valence-electron chi connectivity index (χ0n) is 7.09. The number of carbonyl (C=O) groups excluding carboxylic acids is 1. The number of anilines is 1. The van der Waals surface area contributed by atoms with Gasteiger partial charge in [0, 0.05) is 7.05 Å². The van der Waals surface area contributed by atoms with Gasteiger partial charge >= 0.3 is 0 Å². The van der Waals surface area contributed by atoms with E-state index in [9.17, 15) is 4.79 Å². The zero-order chi connectivity index (χ0) is 8.97. The van der Waals surface area contributed by atoms with E-state index in [-0.39, 0.29) is 0 Å². The predicted molar refractivity (Wildman–Crippen MR) is 48.5 cm³/mol. The van der Waals surface area contributed by atoms with Gasteiger partial charge in [-0.1, -0.05) is 12.1 Å². The SMILES string of the molecule is CNc1c(C)cccc1N=C=O. The first-order valence-corrected chi connectivity index (χ1v) is 3.65. The molecule has 3 heteroatoms. The summed E-state index contributed by atoms with van der Waals surface area (Å²) in [5, 5.41) is 2.98. The van der Waals surface area contributed by atoms with Crippen molar-refractivity contribution in [1.29, 1.82) is 0 Å². The minimum Gasteiger partial charge on any atom is -0.386 e. The number of aliphatic imine (C=N–C) groups is 1. The lowest BCUT2D eigenvalue weighted by atomic mass is 10.2. The highest BCUT2D eigenvalue weighted by molar-refractivity contribution is 5.71. The molecule has 0 fully saturated rings. The van der Waals surface area contributed by atoms with E-state index in [1.165, 1.54) is 6.08 Å². The number of rotatable bonds is 2. The Kier molecular flexibility index (Phi) is 2.62. The number of aryl methyl sites for hydroxylation is 1. The lowest BCUT2D eigenvalue weighted by Crippen LogP contribution is -1.91. The maximum atomic E-state index is 10.0. The van der Waals surface area contributed by atoms with Crippen LogP contribution in [-0.2, 0) is 4.79 Å². The van der Waals surface area contributed by atoms with E-state index in [0.29, 0.717) is 5.69 Å². The molecule has 0 bridgehead atoms. The van der Waals surface area contributed by atoms with Crippen LogP contribution in [0.3, 0.4) is 0 Å². The number of para-hydroxylation sites is 1. The summed E-state index contributed by atoms with van der Waals surface area (Å²) in [7, 11) is 1.80. The molecule has 0 amide bonds. The Labute approximate surface area is 71.1 Å². The van der Waals surface area contributed by atoms with Gasteiger partial charge in [-0.25, -0.2) is 4.79 Å². The average Bonchev–Trinajstić information content (AvgIpc) is 2.05. The summed E-state index contributed by atoms with van der Waals surface area (Å²) in [6.45, 7) is 1.95. The first-order chi connectivity index (χ1) is 5.79. The third-order valence-corrected chi connectivity index (χ3v) is 1.67. The van der Waals surface area contributed by atoms with E-state index >= 15 is 0 Å². The lowest BCUT2D eigenvalue weighted by molar-refractivity contribution is 0.565. The van der Waals surface area contributed by atoms with Crippen LogP contribution in [0.1, 0.15) is 5.56 Å². The van der Waals surface area contributed by atoms with Gasteiger partial charge in [0.05, 0.1) is 11.4 Å². The molecule has 12 heavy (non-hydrogen) atoms. The van der Waals surface area contributed by atoms with Crippen LogP contribution >= 0.6 is 0 Å². The van der Waals surface area contributed by atoms with E-state index in [2.05, 4.69) is 10.3 Å².